The minimum atomic E-state index is -0.682. The van der Waals surface area contributed by atoms with Gasteiger partial charge in [-0.1, -0.05) is 48.3 Å². The molecule has 0 saturated heterocycles. The molecule has 0 saturated carbocycles. The van der Waals surface area contributed by atoms with E-state index in [2.05, 4.69) is 18.6 Å². The Bertz CT molecular complexity index is 168. The van der Waals surface area contributed by atoms with E-state index in [-0.39, 0.29) is 0 Å². The topological polar surface area (TPSA) is 52.3 Å². The number of ether oxygens (including phenoxy) is 1. The van der Waals surface area contributed by atoms with Gasteiger partial charge in [0.05, 0.1) is 0 Å². The van der Waals surface area contributed by atoms with E-state index < -0.39 is 6.09 Å². The van der Waals surface area contributed by atoms with Crippen LogP contribution in [0.25, 0.3) is 0 Å². The van der Waals surface area contributed by atoms with Crippen molar-refractivity contribution in [1.29, 1.82) is 0 Å². The molecule has 0 radical (unpaired) electrons. The zero-order valence-corrected chi connectivity index (χ0v) is 11.2. The Kier molecular flexibility index (Phi) is 10.5. The number of nitrogens with two attached hydrogens (primary N) is 1. The molecule has 0 bridgehead atoms. The molecule has 2 N–H and O–H groups in total. The summed E-state index contributed by atoms with van der Waals surface area (Å²) in [5, 5.41) is 0. The highest BCUT2D eigenvalue weighted by Crippen LogP contribution is 2.26. The van der Waals surface area contributed by atoms with Crippen molar-refractivity contribution in [2.75, 3.05) is 18.1 Å². The van der Waals surface area contributed by atoms with E-state index in [0.29, 0.717) is 6.61 Å². The molecule has 1 amide bonds. The number of hydrogen-bond acceptors (Lipinski definition) is 4. The summed E-state index contributed by atoms with van der Waals surface area (Å²) in [7, 11) is 3.61. The molecule has 0 aliphatic rings. The molecule has 1 atom stereocenters. The molecule has 0 aromatic rings. The summed E-state index contributed by atoms with van der Waals surface area (Å²) in [5.41, 5.74) is 4.84. The summed E-state index contributed by atoms with van der Waals surface area (Å²) in [6.45, 7) is 4.88. The molecular formula is C10H21NO2S2. The molecule has 5 heteroatoms. The van der Waals surface area contributed by atoms with Gasteiger partial charge in [0.1, 0.15) is 6.61 Å². The SMILES string of the molecule is CCC[C@H](CC)CSSCCOC(N)=O. The van der Waals surface area contributed by atoms with Gasteiger partial charge in [0.25, 0.3) is 0 Å². The van der Waals surface area contributed by atoms with E-state index in [1.54, 1.807) is 10.8 Å². The van der Waals surface area contributed by atoms with Crippen LogP contribution in [0.4, 0.5) is 4.79 Å². The first kappa shape index (κ1) is 15.0. The highest BCUT2D eigenvalue weighted by Gasteiger charge is 2.05. The largest absolute Gasteiger partial charge is 0.449 e. The molecule has 0 aromatic carbocycles. The smallest absolute Gasteiger partial charge is 0.404 e. The minimum absolute atomic E-state index is 0.414. The lowest BCUT2D eigenvalue weighted by molar-refractivity contribution is 0.164. The number of hydrogen-bond donors (Lipinski definition) is 1. The molecule has 0 rings (SSSR count). The maximum Gasteiger partial charge on any atom is 0.404 e. The quantitative estimate of drug-likeness (QED) is 0.504. The molecule has 0 aromatic heterocycles. The van der Waals surface area contributed by atoms with Crippen molar-refractivity contribution in [3.8, 4) is 0 Å². The van der Waals surface area contributed by atoms with Gasteiger partial charge < -0.3 is 10.5 Å². The second kappa shape index (κ2) is 10.5. The van der Waals surface area contributed by atoms with Gasteiger partial charge in [-0.25, -0.2) is 4.79 Å². The van der Waals surface area contributed by atoms with Gasteiger partial charge in [-0.3, -0.25) is 0 Å². The first-order chi connectivity index (χ1) is 7.20. The van der Waals surface area contributed by atoms with Gasteiger partial charge in [-0.05, 0) is 12.3 Å². The van der Waals surface area contributed by atoms with Crippen LogP contribution in [-0.4, -0.2) is 24.2 Å². The molecule has 0 spiro atoms. The van der Waals surface area contributed by atoms with E-state index in [4.69, 9.17) is 5.73 Å². The van der Waals surface area contributed by atoms with Crippen LogP contribution in [-0.2, 0) is 4.74 Å². The number of carbonyl (C=O) groups is 1. The molecular weight excluding hydrogens is 230 g/mol. The monoisotopic (exact) mass is 251 g/mol. The Morgan fingerprint density at radius 1 is 1.40 bits per heavy atom. The summed E-state index contributed by atoms with van der Waals surface area (Å²) >= 11 is 0. The standard InChI is InChI=1S/C10H21NO2S2/c1-3-5-9(4-2)8-15-14-7-6-13-10(11)12/h9H,3-8H2,1-2H3,(H2,11,12)/t9-/m0/s1. The molecule has 90 valence electrons. The maximum absolute atomic E-state index is 10.3. The van der Waals surface area contributed by atoms with Crippen LogP contribution in [0.2, 0.25) is 0 Å². The van der Waals surface area contributed by atoms with E-state index in [9.17, 15) is 4.79 Å². The van der Waals surface area contributed by atoms with Gasteiger partial charge in [0.2, 0.25) is 0 Å². The molecule has 0 heterocycles. The van der Waals surface area contributed by atoms with Gasteiger partial charge in [0, 0.05) is 11.5 Å². The third-order valence-corrected chi connectivity index (χ3v) is 4.59. The Balaban J connectivity index is 3.24. The maximum atomic E-state index is 10.3. The zero-order chi connectivity index (χ0) is 11.5. The highest BCUT2D eigenvalue weighted by atomic mass is 33.1. The number of rotatable bonds is 9. The van der Waals surface area contributed by atoms with Gasteiger partial charge in [0.15, 0.2) is 0 Å². The summed E-state index contributed by atoms with van der Waals surface area (Å²) in [6.07, 6.45) is 3.13. The summed E-state index contributed by atoms with van der Waals surface area (Å²) in [6, 6.07) is 0. The van der Waals surface area contributed by atoms with Crippen molar-refractivity contribution in [3.05, 3.63) is 0 Å². The summed E-state index contributed by atoms with van der Waals surface area (Å²) in [4.78, 5) is 10.3. The first-order valence-corrected chi connectivity index (χ1v) is 7.86. The average molecular weight is 251 g/mol. The second-order valence-corrected chi connectivity index (χ2v) is 5.96. The second-order valence-electron chi connectivity index (χ2n) is 3.34. The predicted octanol–water partition coefficient (Wildman–Crippen LogP) is 3.29. The molecule has 15 heavy (non-hydrogen) atoms. The van der Waals surface area contributed by atoms with Crippen LogP contribution in [0.1, 0.15) is 33.1 Å². The van der Waals surface area contributed by atoms with Gasteiger partial charge >= 0.3 is 6.09 Å². The van der Waals surface area contributed by atoms with Crippen LogP contribution in [0, 0.1) is 5.92 Å². The number of primary amides is 1. The van der Waals surface area contributed by atoms with Crippen molar-refractivity contribution in [1.82, 2.24) is 0 Å². The molecule has 0 fully saturated rings. The average Bonchev–Trinajstić information content (AvgIpc) is 2.21. The first-order valence-electron chi connectivity index (χ1n) is 5.37. The van der Waals surface area contributed by atoms with Crippen LogP contribution in [0.5, 0.6) is 0 Å². The Morgan fingerprint density at radius 2 is 2.13 bits per heavy atom. The van der Waals surface area contributed by atoms with Crippen molar-refractivity contribution < 1.29 is 9.53 Å². The van der Waals surface area contributed by atoms with E-state index in [1.165, 1.54) is 25.0 Å². The fourth-order valence-electron chi connectivity index (χ4n) is 1.19. The fraction of sp³-hybridized carbons (Fsp3) is 0.900. The number of carbonyl (C=O) groups excluding carboxylic acids is 1. The molecule has 0 aliphatic heterocycles. The normalized spacial score (nSPS) is 12.4. The van der Waals surface area contributed by atoms with Gasteiger partial charge in [-0.2, -0.15) is 0 Å². The Labute approximate surface area is 100 Å². The minimum Gasteiger partial charge on any atom is -0.449 e. The van der Waals surface area contributed by atoms with Gasteiger partial charge in [-0.15, -0.1) is 0 Å². The highest BCUT2D eigenvalue weighted by molar-refractivity contribution is 8.76. The Hall–Kier alpha value is -0.0300. The van der Waals surface area contributed by atoms with Crippen molar-refractivity contribution >= 4 is 27.7 Å². The lowest BCUT2D eigenvalue weighted by atomic mass is 10.0. The third kappa shape index (κ3) is 10.3. The van der Waals surface area contributed by atoms with Crippen LogP contribution in [0.3, 0.4) is 0 Å². The van der Waals surface area contributed by atoms with Crippen LogP contribution < -0.4 is 5.73 Å². The summed E-state index contributed by atoms with van der Waals surface area (Å²) in [5.74, 6) is 2.83. The van der Waals surface area contributed by atoms with E-state index >= 15 is 0 Å². The Morgan fingerprint density at radius 3 is 2.67 bits per heavy atom. The summed E-state index contributed by atoms with van der Waals surface area (Å²) < 4.78 is 4.63. The van der Waals surface area contributed by atoms with Crippen molar-refractivity contribution in [3.63, 3.8) is 0 Å². The number of amides is 1. The predicted molar refractivity (Wildman–Crippen MR) is 69.1 cm³/mol. The lowest BCUT2D eigenvalue weighted by Crippen LogP contribution is -2.14. The van der Waals surface area contributed by atoms with Crippen molar-refractivity contribution in [2.24, 2.45) is 11.7 Å². The van der Waals surface area contributed by atoms with Crippen LogP contribution in [0.15, 0.2) is 0 Å². The molecule has 0 aliphatic carbocycles. The van der Waals surface area contributed by atoms with Crippen LogP contribution >= 0.6 is 21.6 Å². The molecule has 3 nitrogen and oxygen atoms in total. The lowest BCUT2D eigenvalue weighted by Gasteiger charge is -2.12. The van der Waals surface area contributed by atoms with Crippen molar-refractivity contribution in [2.45, 2.75) is 33.1 Å². The van der Waals surface area contributed by atoms with E-state index in [0.717, 1.165) is 11.7 Å². The zero-order valence-electron chi connectivity index (χ0n) is 9.53. The fourth-order valence-corrected chi connectivity index (χ4v) is 3.58. The van der Waals surface area contributed by atoms with E-state index in [1.807, 2.05) is 10.8 Å². The molecule has 0 unspecified atom stereocenters. The third-order valence-electron chi connectivity index (χ3n) is 2.07.